The molecule has 0 saturated carbocycles. The van der Waals surface area contributed by atoms with Crippen LogP contribution in [0.4, 0.5) is 0 Å². The molecule has 1 saturated heterocycles. The van der Waals surface area contributed by atoms with Crippen LogP contribution in [0.3, 0.4) is 0 Å². The van der Waals surface area contributed by atoms with Gasteiger partial charge in [0.25, 0.3) is 0 Å². The molecule has 29 heavy (non-hydrogen) atoms. The predicted octanol–water partition coefficient (Wildman–Crippen LogP) is 7.99. The molecule has 1 aliphatic rings. The SMILES string of the molecule is CCCCCCCCC1OC1CCCCCCCC(=O)OCCCCCC(C)C. The van der Waals surface area contributed by atoms with Crippen LogP contribution in [0.2, 0.25) is 0 Å². The fourth-order valence-corrected chi connectivity index (χ4v) is 4.05. The Labute approximate surface area is 181 Å². The molecule has 0 aromatic heterocycles. The molecule has 0 aromatic carbocycles. The van der Waals surface area contributed by atoms with Crippen molar-refractivity contribution in [2.75, 3.05) is 6.61 Å². The van der Waals surface area contributed by atoms with Crippen molar-refractivity contribution in [1.82, 2.24) is 0 Å². The number of carbonyl (C=O) groups excluding carboxylic acids is 1. The smallest absolute Gasteiger partial charge is 0.305 e. The molecule has 0 N–H and O–H groups in total. The lowest BCUT2D eigenvalue weighted by molar-refractivity contribution is -0.143. The van der Waals surface area contributed by atoms with E-state index in [9.17, 15) is 4.79 Å². The normalized spacial score (nSPS) is 18.3. The highest BCUT2D eigenvalue weighted by atomic mass is 16.6. The van der Waals surface area contributed by atoms with Gasteiger partial charge in [-0.15, -0.1) is 0 Å². The zero-order chi connectivity index (χ0) is 21.2. The lowest BCUT2D eigenvalue weighted by atomic mass is 10.0. The number of hydrogen-bond acceptors (Lipinski definition) is 3. The second kappa shape index (κ2) is 18.2. The fraction of sp³-hybridized carbons (Fsp3) is 0.962. The predicted molar refractivity (Wildman–Crippen MR) is 123 cm³/mol. The Morgan fingerprint density at radius 1 is 0.759 bits per heavy atom. The van der Waals surface area contributed by atoms with Gasteiger partial charge in [0.15, 0.2) is 0 Å². The number of unbranched alkanes of at least 4 members (excludes halogenated alkanes) is 11. The van der Waals surface area contributed by atoms with E-state index >= 15 is 0 Å². The highest BCUT2D eigenvalue weighted by Gasteiger charge is 2.36. The van der Waals surface area contributed by atoms with Gasteiger partial charge in [0.05, 0.1) is 18.8 Å². The van der Waals surface area contributed by atoms with E-state index in [1.807, 2.05) is 0 Å². The zero-order valence-electron chi connectivity index (χ0n) is 19.9. The van der Waals surface area contributed by atoms with E-state index in [2.05, 4.69) is 20.8 Å². The Morgan fingerprint density at radius 3 is 1.93 bits per heavy atom. The molecule has 2 atom stereocenters. The number of carbonyl (C=O) groups is 1. The third kappa shape index (κ3) is 16.9. The van der Waals surface area contributed by atoms with Gasteiger partial charge < -0.3 is 9.47 Å². The Bertz CT molecular complexity index is 380. The summed E-state index contributed by atoms with van der Waals surface area (Å²) in [7, 11) is 0. The van der Waals surface area contributed by atoms with E-state index in [-0.39, 0.29) is 5.97 Å². The Balaban J connectivity index is 1.76. The third-order valence-corrected chi connectivity index (χ3v) is 6.09. The van der Waals surface area contributed by atoms with Crippen LogP contribution in [0.25, 0.3) is 0 Å². The van der Waals surface area contributed by atoms with Gasteiger partial charge in [0, 0.05) is 6.42 Å². The van der Waals surface area contributed by atoms with Crippen molar-refractivity contribution in [3.05, 3.63) is 0 Å². The number of ether oxygens (including phenoxy) is 2. The van der Waals surface area contributed by atoms with Gasteiger partial charge in [-0.3, -0.25) is 4.79 Å². The van der Waals surface area contributed by atoms with Gasteiger partial charge in [-0.25, -0.2) is 0 Å². The zero-order valence-corrected chi connectivity index (χ0v) is 19.9. The molecule has 0 spiro atoms. The van der Waals surface area contributed by atoms with Gasteiger partial charge in [-0.2, -0.15) is 0 Å². The summed E-state index contributed by atoms with van der Waals surface area (Å²) >= 11 is 0. The number of esters is 1. The second-order valence-electron chi connectivity index (χ2n) is 9.54. The van der Waals surface area contributed by atoms with Gasteiger partial charge >= 0.3 is 5.97 Å². The minimum Gasteiger partial charge on any atom is -0.466 e. The number of hydrogen-bond donors (Lipinski definition) is 0. The monoisotopic (exact) mass is 410 g/mol. The molecule has 0 aliphatic carbocycles. The first-order valence-electron chi connectivity index (χ1n) is 12.9. The van der Waals surface area contributed by atoms with Crippen LogP contribution in [0.15, 0.2) is 0 Å². The van der Waals surface area contributed by atoms with Crippen LogP contribution in [-0.4, -0.2) is 24.8 Å². The Kier molecular flexibility index (Phi) is 16.6. The Morgan fingerprint density at radius 2 is 1.31 bits per heavy atom. The molecule has 0 radical (unpaired) electrons. The Hall–Kier alpha value is -0.570. The van der Waals surface area contributed by atoms with Crippen LogP contribution in [-0.2, 0) is 14.3 Å². The van der Waals surface area contributed by atoms with Crippen molar-refractivity contribution >= 4 is 5.97 Å². The first kappa shape index (κ1) is 26.5. The molecule has 1 aliphatic heterocycles. The highest BCUT2D eigenvalue weighted by Crippen LogP contribution is 2.31. The molecular formula is C26H50O3. The fourth-order valence-electron chi connectivity index (χ4n) is 4.05. The topological polar surface area (TPSA) is 38.8 Å². The van der Waals surface area contributed by atoms with Gasteiger partial charge in [0.2, 0.25) is 0 Å². The summed E-state index contributed by atoms with van der Waals surface area (Å²) in [5.74, 6) is 0.777. The standard InChI is InChI=1S/C26H50O3/c1-4-5-6-7-9-14-19-24-25(29-24)20-15-10-8-11-16-21-26(27)28-22-17-12-13-18-23(2)3/h23-25H,4-22H2,1-3H3. The van der Waals surface area contributed by atoms with Crippen molar-refractivity contribution in [3.8, 4) is 0 Å². The van der Waals surface area contributed by atoms with Crippen LogP contribution < -0.4 is 0 Å². The lowest BCUT2D eigenvalue weighted by Gasteiger charge is -2.06. The molecule has 1 rings (SSSR count). The molecule has 0 amide bonds. The summed E-state index contributed by atoms with van der Waals surface area (Å²) in [5, 5.41) is 0. The summed E-state index contributed by atoms with van der Waals surface area (Å²) in [6.45, 7) is 7.40. The van der Waals surface area contributed by atoms with Crippen molar-refractivity contribution < 1.29 is 14.3 Å². The van der Waals surface area contributed by atoms with Crippen molar-refractivity contribution in [2.24, 2.45) is 5.92 Å². The molecule has 0 aromatic rings. The van der Waals surface area contributed by atoms with E-state index in [1.165, 1.54) is 89.9 Å². The van der Waals surface area contributed by atoms with Crippen molar-refractivity contribution in [2.45, 2.75) is 149 Å². The van der Waals surface area contributed by atoms with Crippen molar-refractivity contribution in [1.29, 1.82) is 0 Å². The van der Waals surface area contributed by atoms with Crippen LogP contribution >= 0.6 is 0 Å². The summed E-state index contributed by atoms with van der Waals surface area (Å²) < 4.78 is 11.1. The minimum absolute atomic E-state index is 0.00206. The van der Waals surface area contributed by atoms with Gasteiger partial charge in [0.1, 0.15) is 0 Å². The summed E-state index contributed by atoms with van der Waals surface area (Å²) in [4.78, 5) is 11.7. The summed E-state index contributed by atoms with van der Waals surface area (Å²) in [6, 6.07) is 0. The summed E-state index contributed by atoms with van der Waals surface area (Å²) in [6.07, 6.45) is 23.1. The van der Waals surface area contributed by atoms with Crippen LogP contribution in [0.5, 0.6) is 0 Å². The summed E-state index contributed by atoms with van der Waals surface area (Å²) in [5.41, 5.74) is 0. The highest BCUT2D eigenvalue weighted by molar-refractivity contribution is 5.69. The van der Waals surface area contributed by atoms with Gasteiger partial charge in [-0.05, 0) is 31.6 Å². The minimum atomic E-state index is -0.00206. The second-order valence-corrected chi connectivity index (χ2v) is 9.54. The van der Waals surface area contributed by atoms with E-state index in [0.717, 1.165) is 25.2 Å². The molecule has 3 nitrogen and oxygen atoms in total. The van der Waals surface area contributed by atoms with Crippen LogP contribution in [0, 0.1) is 5.92 Å². The number of epoxide rings is 1. The maximum Gasteiger partial charge on any atom is 0.305 e. The quantitative estimate of drug-likeness (QED) is 0.109. The van der Waals surface area contributed by atoms with Crippen LogP contribution in [0.1, 0.15) is 136 Å². The maximum atomic E-state index is 11.7. The maximum absolute atomic E-state index is 11.7. The van der Waals surface area contributed by atoms with Gasteiger partial charge in [-0.1, -0.05) is 104 Å². The van der Waals surface area contributed by atoms with E-state index < -0.39 is 0 Å². The average molecular weight is 411 g/mol. The van der Waals surface area contributed by atoms with E-state index in [1.54, 1.807) is 0 Å². The molecular weight excluding hydrogens is 360 g/mol. The lowest BCUT2D eigenvalue weighted by Crippen LogP contribution is -2.05. The molecule has 172 valence electrons. The number of rotatable bonds is 21. The first-order chi connectivity index (χ1) is 14.1. The molecule has 1 heterocycles. The molecule has 3 heteroatoms. The molecule has 1 fully saturated rings. The molecule has 0 bridgehead atoms. The average Bonchev–Trinajstić information content (AvgIpc) is 3.44. The molecule has 2 unspecified atom stereocenters. The first-order valence-corrected chi connectivity index (χ1v) is 12.9. The largest absolute Gasteiger partial charge is 0.466 e. The van der Waals surface area contributed by atoms with E-state index in [4.69, 9.17) is 9.47 Å². The third-order valence-electron chi connectivity index (χ3n) is 6.09. The van der Waals surface area contributed by atoms with Crippen molar-refractivity contribution in [3.63, 3.8) is 0 Å². The van der Waals surface area contributed by atoms with E-state index in [0.29, 0.717) is 25.2 Å².